The maximum Gasteiger partial charge on any atom is 0.123 e. The number of aryl methyl sites for hydroxylation is 1. The topological polar surface area (TPSA) is 0 Å². The highest BCUT2D eigenvalue weighted by molar-refractivity contribution is 5.15. The van der Waals surface area contributed by atoms with Crippen LogP contribution < -0.4 is 0 Å². The van der Waals surface area contributed by atoms with Gasteiger partial charge in [0.25, 0.3) is 0 Å². The minimum atomic E-state index is -0.184. The third-order valence-electron chi connectivity index (χ3n) is 1.93. The molecule has 1 radical (unpaired) electrons. The summed E-state index contributed by atoms with van der Waals surface area (Å²) in [4.78, 5) is 0. The Morgan fingerprint density at radius 3 is 2.46 bits per heavy atom. The fourth-order valence-electron chi connectivity index (χ4n) is 1.19. The van der Waals surface area contributed by atoms with E-state index in [9.17, 15) is 4.39 Å². The average Bonchev–Trinajstić information content (AvgIpc) is 2.15. The largest absolute Gasteiger partial charge is 0.207 e. The molecule has 1 aromatic rings. The molecule has 0 spiro atoms. The average molecular weight is 175 g/mol. The molecule has 1 aromatic carbocycles. The van der Waals surface area contributed by atoms with E-state index in [4.69, 9.17) is 6.42 Å². The second-order valence-electron chi connectivity index (χ2n) is 3.01. The van der Waals surface area contributed by atoms with E-state index in [-0.39, 0.29) is 5.82 Å². The summed E-state index contributed by atoms with van der Waals surface area (Å²) in [7, 11) is 0. The third-order valence-corrected chi connectivity index (χ3v) is 1.93. The fourth-order valence-corrected chi connectivity index (χ4v) is 1.19. The van der Waals surface area contributed by atoms with E-state index in [1.165, 1.54) is 12.1 Å². The van der Waals surface area contributed by atoms with Crippen LogP contribution in [0.2, 0.25) is 0 Å². The van der Waals surface area contributed by atoms with Crippen LogP contribution in [-0.4, -0.2) is 0 Å². The molecule has 0 nitrogen and oxygen atoms in total. The van der Waals surface area contributed by atoms with Crippen molar-refractivity contribution in [2.75, 3.05) is 0 Å². The maximum absolute atomic E-state index is 12.5. The molecule has 0 saturated heterocycles. The molecule has 0 atom stereocenters. The summed E-state index contributed by atoms with van der Waals surface area (Å²) < 4.78 is 12.5. The normalized spacial score (nSPS) is 9.54. The lowest BCUT2D eigenvalue weighted by Gasteiger charge is -1.99. The van der Waals surface area contributed by atoms with Crippen LogP contribution in [0, 0.1) is 18.2 Å². The van der Waals surface area contributed by atoms with Crippen LogP contribution in [0.3, 0.4) is 0 Å². The molecule has 0 fully saturated rings. The summed E-state index contributed by atoms with van der Waals surface area (Å²) in [5, 5.41) is 0. The zero-order chi connectivity index (χ0) is 9.52. The lowest BCUT2D eigenvalue weighted by molar-refractivity contribution is 0.626. The minimum absolute atomic E-state index is 0.184. The summed E-state index contributed by atoms with van der Waals surface area (Å²) in [6.45, 7) is 0. The molecule has 13 heavy (non-hydrogen) atoms. The van der Waals surface area contributed by atoms with Gasteiger partial charge in [-0.1, -0.05) is 18.1 Å². The Kier molecular flexibility index (Phi) is 4.05. The molecule has 1 heteroatoms. The van der Waals surface area contributed by atoms with Crippen molar-refractivity contribution < 1.29 is 4.39 Å². The lowest BCUT2D eigenvalue weighted by atomic mass is 10.1. The zero-order valence-electron chi connectivity index (χ0n) is 7.52. The van der Waals surface area contributed by atoms with Gasteiger partial charge in [0.1, 0.15) is 5.82 Å². The van der Waals surface area contributed by atoms with Crippen LogP contribution in [0.1, 0.15) is 24.8 Å². The molecular formula is C12H12F. The van der Waals surface area contributed by atoms with Gasteiger partial charge in [-0.05, 0) is 43.4 Å². The van der Waals surface area contributed by atoms with Crippen molar-refractivity contribution in [1.29, 1.82) is 0 Å². The van der Waals surface area contributed by atoms with Crippen LogP contribution in [-0.2, 0) is 6.42 Å². The van der Waals surface area contributed by atoms with Crippen LogP contribution in [0.25, 0.3) is 0 Å². The molecule has 0 aliphatic heterocycles. The van der Waals surface area contributed by atoms with Crippen molar-refractivity contribution in [1.82, 2.24) is 0 Å². The highest BCUT2D eigenvalue weighted by Crippen LogP contribution is 2.07. The van der Waals surface area contributed by atoms with Crippen LogP contribution in [0.4, 0.5) is 4.39 Å². The Hall–Kier alpha value is -1.29. The maximum atomic E-state index is 12.5. The quantitative estimate of drug-likeness (QED) is 0.487. The Labute approximate surface area is 78.8 Å². The monoisotopic (exact) mass is 175 g/mol. The van der Waals surface area contributed by atoms with E-state index in [2.05, 4.69) is 5.92 Å². The van der Waals surface area contributed by atoms with Crippen molar-refractivity contribution in [3.05, 3.63) is 42.1 Å². The highest BCUT2D eigenvalue weighted by atomic mass is 19.1. The first-order valence-electron chi connectivity index (χ1n) is 4.47. The number of unbranched alkanes of at least 4 members (excludes halogenated alkanes) is 2. The van der Waals surface area contributed by atoms with Gasteiger partial charge in [-0.15, -0.1) is 0 Å². The molecule has 0 amide bonds. The second-order valence-corrected chi connectivity index (χ2v) is 3.01. The number of rotatable bonds is 4. The predicted octanol–water partition coefficient (Wildman–Crippen LogP) is 3.13. The first kappa shape index (κ1) is 9.80. The van der Waals surface area contributed by atoms with E-state index in [0.717, 1.165) is 31.2 Å². The Bertz CT molecular complexity index is 279. The molecule has 0 aliphatic rings. The third kappa shape index (κ3) is 3.75. The van der Waals surface area contributed by atoms with E-state index in [1.807, 2.05) is 12.1 Å². The van der Waals surface area contributed by atoms with Crippen molar-refractivity contribution in [2.45, 2.75) is 25.7 Å². The highest BCUT2D eigenvalue weighted by Gasteiger charge is 1.93. The predicted molar refractivity (Wildman–Crippen MR) is 51.1 cm³/mol. The molecule has 0 N–H and O–H groups in total. The SMILES string of the molecule is [C]#CCCCCc1ccc(F)cc1. The summed E-state index contributed by atoms with van der Waals surface area (Å²) in [6.07, 6.45) is 10.4. The van der Waals surface area contributed by atoms with Gasteiger partial charge in [0, 0.05) is 6.42 Å². The fraction of sp³-hybridized carbons (Fsp3) is 0.333. The van der Waals surface area contributed by atoms with E-state index >= 15 is 0 Å². The summed E-state index contributed by atoms with van der Waals surface area (Å²) in [5.74, 6) is 2.17. The number of halogens is 1. The molecule has 0 heterocycles. The second kappa shape index (κ2) is 5.37. The minimum Gasteiger partial charge on any atom is -0.207 e. The standard InChI is InChI=1S/C12H12F/c1-2-3-4-5-6-11-7-9-12(13)10-8-11/h7-10H,3-6H2. The molecule has 0 bridgehead atoms. The number of hydrogen-bond donors (Lipinski definition) is 0. The molecule has 1 rings (SSSR count). The van der Waals surface area contributed by atoms with E-state index < -0.39 is 0 Å². The first-order valence-corrected chi connectivity index (χ1v) is 4.47. The van der Waals surface area contributed by atoms with Crippen molar-refractivity contribution in [2.24, 2.45) is 0 Å². The van der Waals surface area contributed by atoms with Crippen molar-refractivity contribution >= 4 is 0 Å². The molecule has 0 aliphatic carbocycles. The van der Waals surface area contributed by atoms with E-state index in [1.54, 1.807) is 0 Å². The van der Waals surface area contributed by atoms with Crippen LogP contribution in [0.15, 0.2) is 24.3 Å². The number of benzene rings is 1. The van der Waals surface area contributed by atoms with Crippen molar-refractivity contribution in [3.8, 4) is 5.92 Å². The smallest absolute Gasteiger partial charge is 0.123 e. The van der Waals surface area contributed by atoms with Crippen LogP contribution in [0.5, 0.6) is 0 Å². The molecule has 0 saturated carbocycles. The molecular weight excluding hydrogens is 163 g/mol. The Morgan fingerprint density at radius 1 is 1.15 bits per heavy atom. The molecule has 0 aromatic heterocycles. The lowest BCUT2D eigenvalue weighted by Crippen LogP contribution is -1.85. The van der Waals surface area contributed by atoms with Gasteiger partial charge in [-0.2, -0.15) is 0 Å². The van der Waals surface area contributed by atoms with Gasteiger partial charge >= 0.3 is 0 Å². The van der Waals surface area contributed by atoms with Gasteiger partial charge in [-0.3, -0.25) is 0 Å². The van der Waals surface area contributed by atoms with Gasteiger partial charge in [0.15, 0.2) is 0 Å². The van der Waals surface area contributed by atoms with Gasteiger partial charge in [0.05, 0.1) is 0 Å². The van der Waals surface area contributed by atoms with Crippen LogP contribution >= 0.6 is 0 Å². The van der Waals surface area contributed by atoms with Gasteiger partial charge in [-0.25, -0.2) is 4.39 Å². The number of hydrogen-bond acceptors (Lipinski definition) is 0. The van der Waals surface area contributed by atoms with Gasteiger partial charge in [0.2, 0.25) is 0 Å². The van der Waals surface area contributed by atoms with Gasteiger partial charge < -0.3 is 0 Å². The summed E-state index contributed by atoms with van der Waals surface area (Å²) in [6, 6.07) is 6.59. The summed E-state index contributed by atoms with van der Waals surface area (Å²) in [5.41, 5.74) is 1.16. The Balaban J connectivity index is 2.30. The zero-order valence-corrected chi connectivity index (χ0v) is 7.52. The van der Waals surface area contributed by atoms with Crippen molar-refractivity contribution in [3.63, 3.8) is 0 Å². The first-order chi connectivity index (χ1) is 6.33. The molecule has 0 unspecified atom stereocenters. The Morgan fingerprint density at radius 2 is 1.85 bits per heavy atom. The molecule has 67 valence electrons. The van der Waals surface area contributed by atoms with E-state index in [0.29, 0.717) is 0 Å². The summed E-state index contributed by atoms with van der Waals surface area (Å²) >= 11 is 0.